The molecule has 0 amide bonds. The molecule has 15 heavy (non-hydrogen) atoms. The minimum Gasteiger partial charge on any atom is -0.495 e. The fraction of sp³-hybridized carbons (Fsp3) is 0.200. The number of aromatic nitrogens is 2. The smallest absolute Gasteiger partial charge is 0.135 e. The van der Waals surface area contributed by atoms with E-state index >= 15 is 0 Å². The molecule has 2 aromatic heterocycles. The molecule has 0 saturated heterocycles. The van der Waals surface area contributed by atoms with Crippen LogP contribution >= 0.6 is 11.3 Å². The molecule has 78 valence electrons. The van der Waals surface area contributed by atoms with Crippen molar-refractivity contribution in [2.45, 2.75) is 6.10 Å². The number of hydrogen-bond donors (Lipinski definition) is 1. The minimum absolute atomic E-state index is 0.665. The van der Waals surface area contributed by atoms with E-state index in [1.54, 1.807) is 19.5 Å². The first-order valence-electron chi connectivity index (χ1n) is 4.37. The van der Waals surface area contributed by atoms with Crippen LogP contribution in [0.25, 0.3) is 0 Å². The predicted octanol–water partition coefficient (Wildman–Crippen LogP) is 1.63. The van der Waals surface area contributed by atoms with Gasteiger partial charge in [0.2, 0.25) is 0 Å². The Bertz CT molecular complexity index is 430. The Morgan fingerprint density at radius 2 is 2.13 bits per heavy atom. The molecule has 0 bridgehead atoms. The number of hydrogen-bond acceptors (Lipinski definition) is 5. The van der Waals surface area contributed by atoms with E-state index in [1.165, 1.54) is 17.7 Å². The molecule has 0 aliphatic carbocycles. The summed E-state index contributed by atoms with van der Waals surface area (Å²) >= 11 is 1.45. The van der Waals surface area contributed by atoms with Crippen LogP contribution < -0.4 is 4.74 Å². The van der Waals surface area contributed by atoms with Gasteiger partial charge in [-0.1, -0.05) is 0 Å². The van der Waals surface area contributed by atoms with E-state index in [1.807, 2.05) is 11.4 Å². The molecule has 0 aliphatic heterocycles. The summed E-state index contributed by atoms with van der Waals surface area (Å²) in [6, 6.07) is 1.83. The highest BCUT2D eigenvalue weighted by atomic mass is 32.1. The van der Waals surface area contributed by atoms with E-state index in [0.29, 0.717) is 11.3 Å². The molecule has 1 unspecified atom stereocenters. The summed E-state index contributed by atoms with van der Waals surface area (Å²) in [6.07, 6.45) is 3.90. The monoisotopic (exact) mass is 222 g/mol. The Balaban J connectivity index is 2.32. The second kappa shape index (κ2) is 4.37. The number of aliphatic hydroxyl groups excluding tert-OH is 1. The molecule has 4 nitrogen and oxygen atoms in total. The van der Waals surface area contributed by atoms with Gasteiger partial charge >= 0.3 is 0 Å². The molecule has 0 aromatic carbocycles. The molecular formula is C10H10N2O2S. The highest BCUT2D eigenvalue weighted by Gasteiger charge is 2.16. The first-order valence-corrected chi connectivity index (χ1v) is 5.25. The van der Waals surface area contributed by atoms with E-state index in [0.717, 1.165) is 4.88 Å². The Morgan fingerprint density at radius 3 is 2.80 bits per heavy atom. The molecule has 0 fully saturated rings. The zero-order valence-electron chi connectivity index (χ0n) is 8.12. The van der Waals surface area contributed by atoms with Crippen molar-refractivity contribution in [3.05, 3.63) is 40.6 Å². The van der Waals surface area contributed by atoms with Gasteiger partial charge < -0.3 is 9.84 Å². The molecule has 1 N–H and O–H groups in total. The molecular weight excluding hydrogens is 212 g/mol. The van der Waals surface area contributed by atoms with Crippen LogP contribution in [0, 0.1) is 0 Å². The molecule has 1 atom stereocenters. The largest absolute Gasteiger partial charge is 0.495 e. The van der Waals surface area contributed by atoms with Crippen LogP contribution in [-0.4, -0.2) is 22.2 Å². The summed E-state index contributed by atoms with van der Waals surface area (Å²) in [5, 5.41) is 11.9. The van der Waals surface area contributed by atoms with Crippen molar-refractivity contribution in [1.29, 1.82) is 0 Å². The number of ether oxygens (including phenoxy) is 1. The highest BCUT2D eigenvalue weighted by Crippen LogP contribution is 2.33. The van der Waals surface area contributed by atoms with E-state index in [9.17, 15) is 5.11 Å². The van der Waals surface area contributed by atoms with Crippen molar-refractivity contribution in [2.24, 2.45) is 0 Å². The third-order valence-corrected chi connectivity index (χ3v) is 2.97. The lowest BCUT2D eigenvalue weighted by Crippen LogP contribution is -2.00. The van der Waals surface area contributed by atoms with Crippen LogP contribution in [0.4, 0.5) is 0 Å². The molecule has 2 heterocycles. The quantitative estimate of drug-likeness (QED) is 0.857. The molecule has 2 rings (SSSR count). The fourth-order valence-electron chi connectivity index (χ4n) is 1.28. The second-order valence-corrected chi connectivity index (χ2v) is 3.88. The van der Waals surface area contributed by atoms with Gasteiger partial charge in [-0.25, -0.2) is 9.97 Å². The van der Waals surface area contributed by atoms with Gasteiger partial charge in [0.1, 0.15) is 18.2 Å². The zero-order chi connectivity index (χ0) is 10.7. The molecule has 0 radical (unpaired) electrons. The van der Waals surface area contributed by atoms with Gasteiger partial charge in [0.15, 0.2) is 0 Å². The molecule has 5 heteroatoms. The van der Waals surface area contributed by atoms with E-state index in [-0.39, 0.29) is 0 Å². The number of nitrogens with zero attached hydrogens (tertiary/aromatic N) is 2. The lowest BCUT2D eigenvalue weighted by Gasteiger charge is -2.09. The predicted molar refractivity (Wildman–Crippen MR) is 57.0 cm³/mol. The van der Waals surface area contributed by atoms with Crippen molar-refractivity contribution in [1.82, 2.24) is 9.97 Å². The van der Waals surface area contributed by atoms with Crippen LogP contribution in [0.5, 0.6) is 5.75 Å². The number of methoxy groups -OCH3 is 1. The van der Waals surface area contributed by atoms with Gasteiger partial charge in [0.05, 0.1) is 12.0 Å². The van der Waals surface area contributed by atoms with Crippen LogP contribution in [0.2, 0.25) is 0 Å². The van der Waals surface area contributed by atoms with Gasteiger partial charge in [-0.3, -0.25) is 0 Å². The Morgan fingerprint density at radius 1 is 1.40 bits per heavy atom. The standard InChI is InChI=1S/C10H10N2O2S/c1-14-8-2-3-15-10(8)9(13)7-4-11-6-12-5-7/h2-6,9,13H,1H3. The van der Waals surface area contributed by atoms with Crippen LogP contribution in [0.1, 0.15) is 16.5 Å². The number of thiophene rings is 1. The first kappa shape index (κ1) is 10.1. The van der Waals surface area contributed by atoms with Gasteiger partial charge in [0, 0.05) is 18.0 Å². The summed E-state index contributed by atoms with van der Waals surface area (Å²) in [5.41, 5.74) is 0.665. The van der Waals surface area contributed by atoms with E-state index in [4.69, 9.17) is 4.74 Å². The van der Waals surface area contributed by atoms with Crippen LogP contribution in [0.15, 0.2) is 30.2 Å². The number of rotatable bonds is 3. The Hall–Kier alpha value is -1.46. The van der Waals surface area contributed by atoms with E-state index in [2.05, 4.69) is 9.97 Å². The average molecular weight is 222 g/mol. The molecule has 2 aromatic rings. The van der Waals surface area contributed by atoms with Gasteiger partial charge in [-0.05, 0) is 11.4 Å². The lowest BCUT2D eigenvalue weighted by atomic mass is 10.1. The van der Waals surface area contributed by atoms with Crippen molar-refractivity contribution in [3.63, 3.8) is 0 Å². The van der Waals surface area contributed by atoms with Crippen molar-refractivity contribution < 1.29 is 9.84 Å². The molecule has 0 saturated carbocycles. The summed E-state index contributed by atoms with van der Waals surface area (Å²) < 4.78 is 5.14. The van der Waals surface area contributed by atoms with Gasteiger partial charge in [-0.15, -0.1) is 11.3 Å². The summed E-state index contributed by atoms with van der Waals surface area (Å²) in [7, 11) is 1.58. The topological polar surface area (TPSA) is 55.2 Å². The Kier molecular flexibility index (Phi) is 2.94. The highest BCUT2D eigenvalue weighted by molar-refractivity contribution is 7.10. The first-order chi connectivity index (χ1) is 7.33. The van der Waals surface area contributed by atoms with Crippen molar-refractivity contribution in [3.8, 4) is 5.75 Å². The summed E-state index contributed by atoms with van der Waals surface area (Å²) in [4.78, 5) is 8.50. The van der Waals surface area contributed by atoms with Gasteiger partial charge in [-0.2, -0.15) is 0 Å². The number of aliphatic hydroxyl groups is 1. The Labute approximate surface area is 91.2 Å². The third-order valence-electron chi connectivity index (χ3n) is 2.02. The minimum atomic E-state index is -0.721. The maximum Gasteiger partial charge on any atom is 0.135 e. The molecule has 0 spiro atoms. The second-order valence-electron chi connectivity index (χ2n) is 2.93. The van der Waals surface area contributed by atoms with Crippen LogP contribution in [0.3, 0.4) is 0 Å². The maximum absolute atomic E-state index is 10.0. The fourth-order valence-corrected chi connectivity index (χ4v) is 2.15. The van der Waals surface area contributed by atoms with Crippen LogP contribution in [-0.2, 0) is 0 Å². The maximum atomic E-state index is 10.0. The van der Waals surface area contributed by atoms with Crippen molar-refractivity contribution in [2.75, 3.05) is 7.11 Å². The van der Waals surface area contributed by atoms with Gasteiger partial charge in [0.25, 0.3) is 0 Å². The van der Waals surface area contributed by atoms with Crippen molar-refractivity contribution >= 4 is 11.3 Å². The van der Waals surface area contributed by atoms with E-state index < -0.39 is 6.10 Å². The zero-order valence-corrected chi connectivity index (χ0v) is 8.94. The summed E-state index contributed by atoms with van der Waals surface area (Å²) in [5.74, 6) is 0.691. The molecule has 0 aliphatic rings. The average Bonchev–Trinajstić information content (AvgIpc) is 2.77. The SMILES string of the molecule is COc1ccsc1C(O)c1cncnc1. The summed E-state index contributed by atoms with van der Waals surface area (Å²) in [6.45, 7) is 0. The third kappa shape index (κ3) is 1.98. The lowest BCUT2D eigenvalue weighted by molar-refractivity contribution is 0.218. The normalized spacial score (nSPS) is 12.4.